The number of fused-ring (bicyclic) bond motifs is 2. The van der Waals surface area contributed by atoms with E-state index in [1.165, 1.54) is 0 Å². The fraction of sp³-hybridized carbons (Fsp3) is 0.571. The quantitative estimate of drug-likeness (QED) is 0.642. The van der Waals surface area contributed by atoms with Crippen LogP contribution in [0.4, 0.5) is 0 Å². The summed E-state index contributed by atoms with van der Waals surface area (Å²) in [7, 11) is 0. The third-order valence-corrected chi connectivity index (χ3v) is 6.90. The largest absolute Gasteiger partial charge is 0.441 e. The van der Waals surface area contributed by atoms with Crippen LogP contribution in [0.1, 0.15) is 18.4 Å². The molecule has 0 spiro atoms. The zero-order valence-corrected chi connectivity index (χ0v) is 17.6. The zero-order chi connectivity index (χ0) is 20.1. The first-order chi connectivity index (χ1) is 14.0. The lowest BCUT2D eigenvalue weighted by atomic mass is 9.65. The fourth-order valence-electron chi connectivity index (χ4n) is 5.27. The summed E-state index contributed by atoms with van der Waals surface area (Å²) in [5.41, 5.74) is 1.60. The molecule has 3 N–H and O–H groups in total. The van der Waals surface area contributed by atoms with Crippen LogP contribution in [0.15, 0.2) is 28.9 Å². The molecule has 30 heavy (non-hydrogen) atoms. The highest BCUT2D eigenvalue weighted by Gasteiger charge is 2.53. The van der Waals surface area contributed by atoms with E-state index in [2.05, 4.69) is 15.3 Å². The van der Waals surface area contributed by atoms with Crippen LogP contribution in [-0.4, -0.2) is 62.8 Å². The van der Waals surface area contributed by atoms with E-state index in [1.807, 2.05) is 24.0 Å². The van der Waals surface area contributed by atoms with Crippen molar-refractivity contribution in [2.45, 2.75) is 32.1 Å². The number of aromatic nitrogens is 2. The van der Waals surface area contributed by atoms with Gasteiger partial charge in [0.15, 0.2) is 0 Å². The highest BCUT2D eigenvalue weighted by molar-refractivity contribution is 5.85. The molecule has 3 aliphatic rings. The Morgan fingerprint density at radius 1 is 1.27 bits per heavy atom. The maximum absolute atomic E-state index is 13.5. The van der Waals surface area contributed by atoms with Gasteiger partial charge in [0.25, 0.3) is 0 Å². The van der Waals surface area contributed by atoms with Crippen LogP contribution in [0.25, 0.3) is 11.5 Å². The number of carbonyl (C=O) groups is 1. The van der Waals surface area contributed by atoms with Crippen molar-refractivity contribution >= 4 is 18.3 Å². The third kappa shape index (κ3) is 3.41. The number of nitrogens with zero attached hydrogens (tertiary/aromatic N) is 3. The molecule has 2 aromatic heterocycles. The average molecular weight is 435 g/mol. The number of aliphatic hydroxyl groups excluding tert-OH is 2. The molecule has 0 unspecified atom stereocenters. The minimum absolute atomic E-state index is 0. The first-order valence-corrected chi connectivity index (χ1v) is 10.3. The van der Waals surface area contributed by atoms with Gasteiger partial charge in [-0.05, 0) is 30.5 Å². The number of hydrogen-bond acceptors (Lipinski definition) is 7. The molecule has 0 radical (unpaired) electrons. The standard InChI is InChI=1S/C21H26N4O4.ClH/c1-11-17(13-8-23-9-14(13)19(27)18(11)26)21(28)25-6-4-16-15(10-25)24-20(29-16)12-3-2-5-22-7-12;/h2-3,5,7,11,13-14,17-19,23,26-27H,4,6,8-10H2,1H3;1H/t11-,13+,14+,17+,18+,19+;/m1./s1. The van der Waals surface area contributed by atoms with Crippen molar-refractivity contribution in [1.82, 2.24) is 20.2 Å². The van der Waals surface area contributed by atoms with E-state index >= 15 is 0 Å². The van der Waals surface area contributed by atoms with E-state index in [0.29, 0.717) is 38.5 Å². The monoisotopic (exact) mass is 434 g/mol. The lowest BCUT2D eigenvalue weighted by Gasteiger charge is -2.45. The van der Waals surface area contributed by atoms with Crippen LogP contribution in [0.2, 0.25) is 0 Å². The molecule has 9 heteroatoms. The molecule has 1 saturated heterocycles. The summed E-state index contributed by atoms with van der Waals surface area (Å²) in [4.78, 5) is 24.0. The smallest absolute Gasteiger partial charge is 0.228 e. The van der Waals surface area contributed by atoms with Gasteiger partial charge in [-0.15, -0.1) is 12.4 Å². The molecular weight excluding hydrogens is 408 g/mol. The van der Waals surface area contributed by atoms with Crippen LogP contribution in [0.5, 0.6) is 0 Å². The van der Waals surface area contributed by atoms with Gasteiger partial charge in [0.1, 0.15) is 11.5 Å². The van der Waals surface area contributed by atoms with Crippen molar-refractivity contribution in [2.75, 3.05) is 19.6 Å². The van der Waals surface area contributed by atoms with E-state index in [1.54, 1.807) is 12.4 Å². The van der Waals surface area contributed by atoms with Crippen molar-refractivity contribution in [2.24, 2.45) is 23.7 Å². The number of halogens is 1. The van der Waals surface area contributed by atoms with Gasteiger partial charge >= 0.3 is 0 Å². The van der Waals surface area contributed by atoms with Crippen LogP contribution in [0.3, 0.4) is 0 Å². The highest BCUT2D eigenvalue weighted by atomic mass is 35.5. The molecule has 0 bridgehead atoms. The summed E-state index contributed by atoms with van der Waals surface area (Å²) in [6, 6.07) is 3.74. The summed E-state index contributed by atoms with van der Waals surface area (Å²) in [5, 5.41) is 24.2. The van der Waals surface area contributed by atoms with E-state index in [-0.39, 0.29) is 42.0 Å². The molecule has 5 rings (SSSR count). The van der Waals surface area contributed by atoms with Crippen molar-refractivity contribution in [3.05, 3.63) is 36.0 Å². The topological polar surface area (TPSA) is 112 Å². The summed E-state index contributed by atoms with van der Waals surface area (Å²) in [5.74, 6) is 0.754. The van der Waals surface area contributed by atoms with Gasteiger partial charge in [0, 0.05) is 43.7 Å². The van der Waals surface area contributed by atoms with Crippen molar-refractivity contribution < 1.29 is 19.4 Å². The number of rotatable bonds is 2. The molecule has 1 saturated carbocycles. The summed E-state index contributed by atoms with van der Waals surface area (Å²) in [6.07, 6.45) is 2.38. The summed E-state index contributed by atoms with van der Waals surface area (Å²) in [6.45, 7) is 4.19. The van der Waals surface area contributed by atoms with Gasteiger partial charge in [-0.25, -0.2) is 4.98 Å². The highest BCUT2D eigenvalue weighted by Crippen LogP contribution is 2.42. The predicted molar refractivity (Wildman–Crippen MR) is 111 cm³/mol. The Kier molecular flexibility index (Phi) is 5.85. The number of pyridine rings is 1. The van der Waals surface area contributed by atoms with Crippen LogP contribution < -0.4 is 5.32 Å². The zero-order valence-electron chi connectivity index (χ0n) is 16.8. The minimum Gasteiger partial charge on any atom is -0.441 e. The molecule has 0 aromatic carbocycles. The molecule has 1 aliphatic carbocycles. The lowest BCUT2D eigenvalue weighted by Crippen LogP contribution is -2.56. The normalized spacial score (nSPS) is 32.8. The number of amides is 1. The summed E-state index contributed by atoms with van der Waals surface area (Å²) < 4.78 is 5.92. The molecule has 2 fully saturated rings. The maximum Gasteiger partial charge on any atom is 0.228 e. The maximum atomic E-state index is 13.5. The van der Waals surface area contributed by atoms with Crippen LogP contribution in [0, 0.1) is 23.7 Å². The van der Waals surface area contributed by atoms with Crippen molar-refractivity contribution in [1.29, 1.82) is 0 Å². The molecule has 162 valence electrons. The molecule has 8 nitrogen and oxygen atoms in total. The first-order valence-electron chi connectivity index (χ1n) is 10.3. The number of aliphatic hydroxyl groups is 2. The second-order valence-electron chi connectivity index (χ2n) is 8.49. The van der Waals surface area contributed by atoms with Crippen molar-refractivity contribution in [3.63, 3.8) is 0 Å². The number of hydrogen-bond donors (Lipinski definition) is 3. The van der Waals surface area contributed by atoms with Gasteiger partial charge < -0.3 is 24.8 Å². The number of oxazole rings is 1. The Morgan fingerprint density at radius 2 is 2.07 bits per heavy atom. The molecule has 2 aliphatic heterocycles. The van der Waals surface area contributed by atoms with Crippen LogP contribution >= 0.6 is 12.4 Å². The van der Waals surface area contributed by atoms with Gasteiger partial charge in [-0.2, -0.15) is 0 Å². The first kappa shape index (κ1) is 21.2. The van der Waals surface area contributed by atoms with Gasteiger partial charge in [-0.3, -0.25) is 9.78 Å². The lowest BCUT2D eigenvalue weighted by molar-refractivity contribution is -0.156. The second kappa shape index (κ2) is 8.26. The van der Waals surface area contributed by atoms with Gasteiger partial charge in [0.05, 0.1) is 24.3 Å². The SMILES string of the molecule is C[C@H]1[C@H](O)[C@@H](O)[C@H]2CNC[C@@H]2[C@H]1C(=O)N1CCc2oc(-c3cccnc3)nc2C1.Cl. The Bertz CT molecular complexity index is 908. The third-order valence-electron chi connectivity index (χ3n) is 6.90. The van der Waals surface area contributed by atoms with Gasteiger partial charge in [0.2, 0.25) is 11.8 Å². The van der Waals surface area contributed by atoms with E-state index in [9.17, 15) is 15.0 Å². The molecule has 1 amide bonds. The number of carbonyl (C=O) groups excluding carboxylic acids is 1. The summed E-state index contributed by atoms with van der Waals surface area (Å²) >= 11 is 0. The molecular formula is C21H27ClN4O4. The van der Waals surface area contributed by atoms with E-state index < -0.39 is 12.2 Å². The van der Waals surface area contributed by atoms with E-state index in [4.69, 9.17) is 4.42 Å². The average Bonchev–Trinajstić information content (AvgIpc) is 3.39. The van der Waals surface area contributed by atoms with E-state index in [0.717, 1.165) is 17.0 Å². The molecule has 2 aromatic rings. The second-order valence-corrected chi connectivity index (χ2v) is 8.49. The Morgan fingerprint density at radius 3 is 2.83 bits per heavy atom. The Labute approximate surface area is 181 Å². The van der Waals surface area contributed by atoms with Gasteiger partial charge in [-0.1, -0.05) is 6.92 Å². The molecule has 4 heterocycles. The molecule has 6 atom stereocenters. The predicted octanol–water partition coefficient (Wildman–Crippen LogP) is 0.866. The Balaban J connectivity index is 0.00000218. The fourth-order valence-corrected chi connectivity index (χ4v) is 5.27. The Hall–Kier alpha value is -2.00. The van der Waals surface area contributed by atoms with Crippen molar-refractivity contribution in [3.8, 4) is 11.5 Å². The van der Waals surface area contributed by atoms with Crippen LogP contribution in [-0.2, 0) is 17.8 Å². The minimum atomic E-state index is -0.880. The number of nitrogens with one attached hydrogen (secondary N) is 1.